The molecule has 1 aromatic heterocycles. The van der Waals surface area contributed by atoms with Gasteiger partial charge in [0.1, 0.15) is 0 Å². The molecule has 2 heterocycles. The van der Waals surface area contributed by atoms with Gasteiger partial charge in [-0.2, -0.15) is 0 Å². The number of aromatic nitrogens is 1. The lowest BCUT2D eigenvalue weighted by atomic mass is 10.00. The third-order valence-corrected chi connectivity index (χ3v) is 5.97. The van der Waals surface area contributed by atoms with E-state index in [0.29, 0.717) is 15.6 Å². The molecule has 3 N–H and O–H groups in total. The molecule has 0 spiro atoms. The van der Waals surface area contributed by atoms with Gasteiger partial charge in [-0.05, 0) is 54.9 Å². The Labute approximate surface area is 153 Å². The van der Waals surface area contributed by atoms with Crippen LogP contribution in [0.4, 0.5) is 5.69 Å². The van der Waals surface area contributed by atoms with E-state index in [1.165, 1.54) is 5.57 Å². The van der Waals surface area contributed by atoms with Crippen molar-refractivity contribution < 1.29 is 4.21 Å². The van der Waals surface area contributed by atoms with Crippen molar-refractivity contribution in [3.8, 4) is 0 Å². The summed E-state index contributed by atoms with van der Waals surface area (Å²) in [5, 5.41) is 5.03. The van der Waals surface area contributed by atoms with Gasteiger partial charge in [-0.15, -0.1) is 0 Å². The van der Waals surface area contributed by atoms with E-state index >= 15 is 0 Å². The quantitative estimate of drug-likeness (QED) is 0.688. The lowest BCUT2D eigenvalue weighted by Gasteiger charge is -2.13. The molecule has 1 unspecified atom stereocenters. The van der Waals surface area contributed by atoms with Crippen molar-refractivity contribution in [2.24, 2.45) is 0 Å². The first-order valence-corrected chi connectivity index (χ1v) is 9.60. The summed E-state index contributed by atoms with van der Waals surface area (Å²) in [6.45, 7) is 1.81. The van der Waals surface area contributed by atoms with Gasteiger partial charge in [0.25, 0.3) is 0 Å². The van der Waals surface area contributed by atoms with E-state index in [1.807, 2.05) is 24.4 Å². The van der Waals surface area contributed by atoms with Crippen molar-refractivity contribution in [2.75, 3.05) is 18.8 Å². The zero-order valence-corrected chi connectivity index (χ0v) is 15.1. The molecule has 1 aliphatic heterocycles. The van der Waals surface area contributed by atoms with Crippen LogP contribution >= 0.6 is 11.6 Å². The lowest BCUT2D eigenvalue weighted by molar-refractivity contribution is 0.678. The molecule has 1 atom stereocenters. The fourth-order valence-electron chi connectivity index (χ4n) is 3.13. The minimum atomic E-state index is -1.36. The summed E-state index contributed by atoms with van der Waals surface area (Å²) in [5.41, 5.74) is 9.67. The van der Waals surface area contributed by atoms with E-state index < -0.39 is 11.0 Å². The number of fused-ring (bicyclic) bond motifs is 1. The number of nitrogen functional groups attached to an aromatic ring is 1. The summed E-state index contributed by atoms with van der Waals surface area (Å²) in [6, 6.07) is 12.9. The van der Waals surface area contributed by atoms with Crippen LogP contribution < -0.4 is 11.1 Å². The third kappa shape index (κ3) is 3.11. The SMILES string of the molecule is Nc1ccc(S(=O)n2cc(C3=CCNCC3)c3ccc(Cl)cc32)cc1. The first kappa shape index (κ1) is 16.4. The van der Waals surface area contributed by atoms with Crippen molar-refractivity contribution in [3.63, 3.8) is 0 Å². The summed E-state index contributed by atoms with van der Waals surface area (Å²) in [4.78, 5) is 0.705. The fraction of sp³-hybridized carbons (Fsp3) is 0.158. The molecular formula is C19H18ClN3OS. The number of halogens is 1. The minimum Gasteiger partial charge on any atom is -0.399 e. The first-order chi connectivity index (χ1) is 12.1. The van der Waals surface area contributed by atoms with Crippen LogP contribution in [0.2, 0.25) is 5.02 Å². The van der Waals surface area contributed by atoms with E-state index in [0.717, 1.165) is 36.0 Å². The summed E-state index contributed by atoms with van der Waals surface area (Å²) in [7, 11) is -1.36. The van der Waals surface area contributed by atoms with E-state index in [-0.39, 0.29) is 0 Å². The molecule has 0 amide bonds. The van der Waals surface area contributed by atoms with Crippen molar-refractivity contribution >= 4 is 44.7 Å². The van der Waals surface area contributed by atoms with Crippen molar-refractivity contribution in [2.45, 2.75) is 11.3 Å². The number of nitrogens with two attached hydrogens (primary N) is 1. The molecule has 25 heavy (non-hydrogen) atoms. The highest BCUT2D eigenvalue weighted by Gasteiger charge is 2.18. The molecule has 0 saturated heterocycles. The highest BCUT2D eigenvalue weighted by atomic mass is 35.5. The highest BCUT2D eigenvalue weighted by Crippen LogP contribution is 2.33. The number of nitrogens with zero attached hydrogens (tertiary/aromatic N) is 1. The number of rotatable bonds is 3. The Bertz CT molecular complexity index is 992. The molecule has 1 aliphatic rings. The summed E-state index contributed by atoms with van der Waals surface area (Å²) in [6.07, 6.45) is 5.13. The van der Waals surface area contributed by atoms with Gasteiger partial charge in [-0.3, -0.25) is 3.97 Å². The van der Waals surface area contributed by atoms with Gasteiger partial charge in [-0.25, -0.2) is 4.21 Å². The standard InChI is InChI=1S/C19H18ClN3OS/c20-14-1-6-17-18(13-7-9-22-10-8-13)12-23(19(17)11-14)25(24)16-4-2-15(21)3-5-16/h1-7,11-12,22H,8-10,21H2. The lowest BCUT2D eigenvalue weighted by Crippen LogP contribution is -2.19. The fourth-order valence-corrected chi connectivity index (χ4v) is 4.42. The van der Waals surface area contributed by atoms with E-state index in [4.69, 9.17) is 17.3 Å². The zero-order chi connectivity index (χ0) is 17.4. The van der Waals surface area contributed by atoms with Crippen LogP contribution in [0.5, 0.6) is 0 Å². The Balaban J connectivity index is 1.88. The maximum atomic E-state index is 13.1. The van der Waals surface area contributed by atoms with Gasteiger partial charge < -0.3 is 11.1 Å². The molecule has 2 aromatic carbocycles. The second-order valence-corrected chi connectivity index (χ2v) is 7.83. The monoisotopic (exact) mass is 371 g/mol. The Morgan fingerprint density at radius 1 is 1.16 bits per heavy atom. The maximum absolute atomic E-state index is 13.1. The van der Waals surface area contributed by atoms with Crippen molar-refractivity contribution in [3.05, 3.63) is 65.3 Å². The number of nitrogens with one attached hydrogen (secondary N) is 1. The van der Waals surface area contributed by atoms with Gasteiger partial charge in [-0.1, -0.05) is 23.7 Å². The van der Waals surface area contributed by atoms with Crippen LogP contribution in [-0.2, 0) is 11.0 Å². The molecule has 0 radical (unpaired) electrons. The van der Waals surface area contributed by atoms with Gasteiger partial charge in [0.15, 0.2) is 11.0 Å². The minimum absolute atomic E-state index is 0.631. The molecule has 0 saturated carbocycles. The van der Waals surface area contributed by atoms with Gasteiger partial charge >= 0.3 is 0 Å². The van der Waals surface area contributed by atoms with Crippen LogP contribution in [-0.4, -0.2) is 21.3 Å². The summed E-state index contributed by atoms with van der Waals surface area (Å²) in [5.74, 6) is 0. The summed E-state index contributed by atoms with van der Waals surface area (Å²) >= 11 is 6.20. The molecule has 0 aliphatic carbocycles. The molecule has 0 fully saturated rings. The number of anilines is 1. The largest absolute Gasteiger partial charge is 0.399 e. The molecule has 0 bridgehead atoms. The van der Waals surface area contributed by atoms with Crippen LogP contribution in [0, 0.1) is 0 Å². The number of hydrogen-bond acceptors (Lipinski definition) is 3. The number of hydrogen-bond donors (Lipinski definition) is 2. The zero-order valence-electron chi connectivity index (χ0n) is 13.5. The third-order valence-electron chi connectivity index (χ3n) is 4.40. The average molecular weight is 372 g/mol. The molecular weight excluding hydrogens is 354 g/mol. The highest BCUT2D eigenvalue weighted by molar-refractivity contribution is 7.83. The van der Waals surface area contributed by atoms with Gasteiger partial charge in [0.05, 0.1) is 10.4 Å². The van der Waals surface area contributed by atoms with E-state index in [9.17, 15) is 4.21 Å². The Hall–Kier alpha value is -2.08. The van der Waals surface area contributed by atoms with E-state index in [1.54, 1.807) is 28.2 Å². The van der Waals surface area contributed by atoms with Crippen molar-refractivity contribution in [1.29, 1.82) is 0 Å². The molecule has 6 heteroatoms. The topological polar surface area (TPSA) is 60.1 Å². The van der Waals surface area contributed by atoms with Crippen LogP contribution in [0.15, 0.2) is 59.6 Å². The second kappa shape index (κ2) is 6.67. The Morgan fingerprint density at radius 3 is 2.68 bits per heavy atom. The Kier molecular flexibility index (Phi) is 4.37. The van der Waals surface area contributed by atoms with Gasteiger partial charge in [0, 0.05) is 34.4 Å². The smallest absolute Gasteiger partial charge is 0.157 e. The molecule has 3 aromatic rings. The van der Waals surface area contributed by atoms with Crippen LogP contribution in [0.3, 0.4) is 0 Å². The average Bonchev–Trinajstić information content (AvgIpc) is 3.01. The van der Waals surface area contributed by atoms with E-state index in [2.05, 4.69) is 11.4 Å². The van der Waals surface area contributed by atoms with Gasteiger partial charge in [0.2, 0.25) is 0 Å². The number of benzene rings is 2. The second-order valence-electron chi connectivity index (χ2n) is 6.03. The Morgan fingerprint density at radius 2 is 1.96 bits per heavy atom. The first-order valence-electron chi connectivity index (χ1n) is 8.12. The van der Waals surface area contributed by atoms with Crippen LogP contribution in [0.25, 0.3) is 16.5 Å². The normalized spacial score (nSPS) is 16.0. The maximum Gasteiger partial charge on any atom is 0.157 e. The molecule has 4 nitrogen and oxygen atoms in total. The summed E-state index contributed by atoms with van der Waals surface area (Å²) < 4.78 is 14.9. The van der Waals surface area contributed by atoms with Crippen molar-refractivity contribution in [1.82, 2.24) is 9.29 Å². The predicted octanol–water partition coefficient (Wildman–Crippen LogP) is 3.82. The molecule has 4 rings (SSSR count). The predicted molar refractivity (Wildman–Crippen MR) is 105 cm³/mol. The van der Waals surface area contributed by atoms with Crippen LogP contribution in [0.1, 0.15) is 12.0 Å². The molecule has 128 valence electrons.